The van der Waals surface area contributed by atoms with Crippen LogP contribution in [-0.4, -0.2) is 5.90 Å². The van der Waals surface area contributed by atoms with Gasteiger partial charge in [0, 0.05) is 11.6 Å². The van der Waals surface area contributed by atoms with Crippen LogP contribution in [0.1, 0.15) is 18.1 Å². The number of aliphatic imine (C=N–C) groups is 1. The maximum Gasteiger partial charge on any atom is 0.225 e. The first-order valence-corrected chi connectivity index (χ1v) is 11.1. The molecule has 0 aliphatic carbocycles. The molecule has 0 amide bonds. The van der Waals surface area contributed by atoms with Crippen molar-refractivity contribution >= 4 is 11.6 Å². The van der Waals surface area contributed by atoms with Gasteiger partial charge in [-0.15, -0.1) is 0 Å². The Morgan fingerprint density at radius 3 is 2.09 bits per heavy atom. The molecule has 4 aromatic carbocycles. The zero-order valence-corrected chi connectivity index (χ0v) is 19.6. The van der Waals surface area contributed by atoms with Gasteiger partial charge >= 0.3 is 0 Å². The van der Waals surface area contributed by atoms with Crippen LogP contribution >= 0.6 is 0 Å². The van der Waals surface area contributed by atoms with Gasteiger partial charge in [0.15, 0.2) is 0 Å². The Bertz CT molecular complexity index is 1290. The van der Waals surface area contributed by atoms with E-state index in [1.54, 1.807) is 6.26 Å². The molecule has 0 aliphatic rings. The van der Waals surface area contributed by atoms with Crippen LogP contribution < -0.4 is 14.2 Å². The number of nitrogens with zero attached hydrogens (tertiary/aromatic N) is 1. The third-order valence-corrected chi connectivity index (χ3v) is 4.96. The molecule has 0 radical (unpaired) electrons. The SMILES string of the molecule is CC(=COc1cccc(C)c1)C(=Nc1ccc(C)cc1)Oc1cccc(Oc2ccccc2)c1. The topological polar surface area (TPSA) is 40.0 Å². The highest BCUT2D eigenvalue weighted by molar-refractivity contribution is 5.96. The molecule has 0 fully saturated rings. The Kier molecular flexibility index (Phi) is 7.41. The van der Waals surface area contributed by atoms with Crippen LogP contribution in [-0.2, 0) is 0 Å². The van der Waals surface area contributed by atoms with E-state index in [-0.39, 0.29) is 0 Å². The number of benzene rings is 4. The van der Waals surface area contributed by atoms with E-state index in [2.05, 4.69) is 0 Å². The van der Waals surface area contributed by atoms with Crippen molar-refractivity contribution in [3.8, 4) is 23.0 Å². The summed E-state index contributed by atoms with van der Waals surface area (Å²) in [7, 11) is 0. The Morgan fingerprint density at radius 1 is 0.647 bits per heavy atom. The number of hydrogen-bond acceptors (Lipinski definition) is 4. The van der Waals surface area contributed by atoms with E-state index in [1.807, 2.05) is 124 Å². The van der Waals surface area contributed by atoms with Gasteiger partial charge in [0.1, 0.15) is 23.0 Å². The maximum absolute atomic E-state index is 6.22. The van der Waals surface area contributed by atoms with Crippen molar-refractivity contribution in [2.24, 2.45) is 4.99 Å². The van der Waals surface area contributed by atoms with Gasteiger partial charge < -0.3 is 14.2 Å². The first kappa shape index (κ1) is 22.9. The van der Waals surface area contributed by atoms with Gasteiger partial charge in [0.2, 0.25) is 5.90 Å². The quantitative estimate of drug-likeness (QED) is 0.162. The summed E-state index contributed by atoms with van der Waals surface area (Å²) in [6.45, 7) is 5.98. The first-order valence-electron chi connectivity index (χ1n) is 11.1. The molecule has 34 heavy (non-hydrogen) atoms. The molecule has 0 aliphatic heterocycles. The van der Waals surface area contributed by atoms with Crippen LogP contribution in [0.25, 0.3) is 0 Å². The minimum absolute atomic E-state index is 0.438. The Hall–Kier alpha value is -4.31. The molecule has 0 saturated heterocycles. The Balaban J connectivity index is 1.60. The number of aryl methyl sites for hydroxylation is 2. The summed E-state index contributed by atoms with van der Waals surface area (Å²) in [5, 5.41) is 0. The molecule has 170 valence electrons. The van der Waals surface area contributed by atoms with Gasteiger partial charge in [-0.2, -0.15) is 0 Å². The van der Waals surface area contributed by atoms with Crippen LogP contribution in [0.5, 0.6) is 23.0 Å². The van der Waals surface area contributed by atoms with Crippen LogP contribution in [0, 0.1) is 13.8 Å². The van der Waals surface area contributed by atoms with Crippen molar-refractivity contribution in [1.82, 2.24) is 0 Å². The lowest BCUT2D eigenvalue weighted by Crippen LogP contribution is -2.11. The summed E-state index contributed by atoms with van der Waals surface area (Å²) in [4.78, 5) is 4.74. The molecular weight excluding hydrogens is 422 g/mol. The van der Waals surface area contributed by atoms with Crippen molar-refractivity contribution in [2.45, 2.75) is 20.8 Å². The lowest BCUT2D eigenvalue weighted by molar-refractivity contribution is 0.469. The zero-order valence-electron chi connectivity index (χ0n) is 19.6. The molecule has 0 unspecified atom stereocenters. The van der Waals surface area contributed by atoms with Gasteiger partial charge in [0.05, 0.1) is 11.9 Å². The predicted molar refractivity (Wildman–Crippen MR) is 137 cm³/mol. The number of ether oxygens (including phenoxy) is 3. The molecule has 4 heteroatoms. The molecule has 0 atom stereocenters. The van der Waals surface area contributed by atoms with Crippen molar-refractivity contribution in [3.63, 3.8) is 0 Å². The van der Waals surface area contributed by atoms with Gasteiger partial charge in [-0.05, 0) is 74.9 Å². The van der Waals surface area contributed by atoms with E-state index in [1.165, 1.54) is 5.56 Å². The van der Waals surface area contributed by atoms with Crippen LogP contribution in [0.3, 0.4) is 0 Å². The number of para-hydroxylation sites is 1. The smallest absolute Gasteiger partial charge is 0.225 e. The average Bonchev–Trinajstić information content (AvgIpc) is 2.84. The van der Waals surface area contributed by atoms with Gasteiger partial charge in [0.25, 0.3) is 0 Å². The third-order valence-electron chi connectivity index (χ3n) is 4.96. The Morgan fingerprint density at radius 2 is 1.32 bits per heavy atom. The number of rotatable bonds is 7. The van der Waals surface area contributed by atoms with Gasteiger partial charge in [-0.25, -0.2) is 4.99 Å². The zero-order chi connectivity index (χ0) is 23.8. The fourth-order valence-electron chi connectivity index (χ4n) is 3.16. The van der Waals surface area contributed by atoms with Crippen molar-refractivity contribution in [2.75, 3.05) is 0 Å². The highest BCUT2D eigenvalue weighted by atomic mass is 16.5. The number of hydrogen-bond donors (Lipinski definition) is 0. The largest absolute Gasteiger partial charge is 0.465 e. The summed E-state index contributed by atoms with van der Waals surface area (Å²) >= 11 is 0. The van der Waals surface area contributed by atoms with Gasteiger partial charge in [-0.1, -0.05) is 54.1 Å². The molecule has 0 saturated carbocycles. The van der Waals surface area contributed by atoms with Crippen LogP contribution in [0.4, 0.5) is 5.69 Å². The van der Waals surface area contributed by atoms with E-state index in [4.69, 9.17) is 19.2 Å². The van der Waals surface area contributed by atoms with Crippen LogP contribution in [0.2, 0.25) is 0 Å². The van der Waals surface area contributed by atoms with Crippen molar-refractivity contribution < 1.29 is 14.2 Å². The molecule has 0 N–H and O–H groups in total. The summed E-state index contributed by atoms with van der Waals surface area (Å²) in [5.41, 5.74) is 3.84. The fourth-order valence-corrected chi connectivity index (χ4v) is 3.16. The predicted octanol–water partition coefficient (Wildman–Crippen LogP) is 8.19. The summed E-state index contributed by atoms with van der Waals surface area (Å²) < 4.78 is 18.1. The molecule has 0 spiro atoms. The normalized spacial score (nSPS) is 11.7. The van der Waals surface area contributed by atoms with Gasteiger partial charge in [-0.3, -0.25) is 0 Å². The molecule has 4 rings (SSSR count). The van der Waals surface area contributed by atoms with E-state index < -0.39 is 0 Å². The first-order chi connectivity index (χ1) is 16.5. The molecular formula is C30H27NO3. The molecule has 0 bridgehead atoms. The standard InChI is InChI=1S/C30H27NO3/c1-22-15-17-25(18-16-22)31-30(24(3)21-32-27-12-7-9-23(2)19-27)34-29-14-8-13-28(20-29)33-26-10-5-4-6-11-26/h4-21H,1-3H3. The van der Waals surface area contributed by atoms with E-state index in [0.717, 1.165) is 28.3 Å². The van der Waals surface area contributed by atoms with Crippen molar-refractivity contribution in [3.05, 3.63) is 126 Å². The lowest BCUT2D eigenvalue weighted by Gasteiger charge is -2.12. The second-order valence-corrected chi connectivity index (χ2v) is 7.98. The third kappa shape index (κ3) is 6.59. The second kappa shape index (κ2) is 11.0. The van der Waals surface area contributed by atoms with E-state index in [0.29, 0.717) is 17.4 Å². The highest BCUT2D eigenvalue weighted by Gasteiger charge is 2.09. The van der Waals surface area contributed by atoms with E-state index >= 15 is 0 Å². The summed E-state index contributed by atoms with van der Waals surface area (Å²) in [6.07, 6.45) is 1.66. The van der Waals surface area contributed by atoms with Crippen molar-refractivity contribution in [1.29, 1.82) is 0 Å². The average molecular weight is 450 g/mol. The summed E-state index contributed by atoms with van der Waals surface area (Å²) in [6, 6.07) is 33.0. The van der Waals surface area contributed by atoms with E-state index in [9.17, 15) is 0 Å². The minimum Gasteiger partial charge on any atom is -0.465 e. The molecule has 4 nitrogen and oxygen atoms in total. The summed E-state index contributed by atoms with van der Waals surface area (Å²) in [5.74, 6) is 3.25. The monoisotopic (exact) mass is 449 g/mol. The molecule has 0 aromatic heterocycles. The maximum atomic E-state index is 6.22. The molecule has 0 heterocycles. The Labute approximate surface area is 200 Å². The highest BCUT2D eigenvalue weighted by Crippen LogP contribution is 2.26. The lowest BCUT2D eigenvalue weighted by atomic mass is 10.2. The van der Waals surface area contributed by atoms with Crippen LogP contribution in [0.15, 0.2) is 120 Å². The molecule has 4 aromatic rings. The minimum atomic E-state index is 0.438. The fraction of sp³-hybridized carbons (Fsp3) is 0.100. The second-order valence-electron chi connectivity index (χ2n) is 7.98.